The second-order valence-corrected chi connectivity index (χ2v) is 4.47. The molecule has 0 N–H and O–H groups in total. The zero-order valence-electron chi connectivity index (χ0n) is 11.2. The molecule has 1 aliphatic heterocycles. The van der Waals surface area contributed by atoms with Gasteiger partial charge in [-0.05, 0) is 17.7 Å². The van der Waals surface area contributed by atoms with Crippen molar-refractivity contribution in [1.29, 1.82) is 0 Å². The lowest BCUT2D eigenvalue weighted by Gasteiger charge is -2.01. The van der Waals surface area contributed by atoms with Gasteiger partial charge in [-0.1, -0.05) is 12.1 Å². The van der Waals surface area contributed by atoms with Gasteiger partial charge in [-0.3, -0.25) is 0 Å². The number of benzene rings is 1. The third-order valence-corrected chi connectivity index (χ3v) is 3.22. The van der Waals surface area contributed by atoms with Gasteiger partial charge in [0.05, 0.1) is 20.3 Å². The van der Waals surface area contributed by atoms with Gasteiger partial charge in [-0.25, -0.2) is 4.79 Å². The van der Waals surface area contributed by atoms with E-state index in [2.05, 4.69) is 0 Å². The van der Waals surface area contributed by atoms with Gasteiger partial charge in [0.15, 0.2) is 0 Å². The number of hydrogen-bond acceptors (Lipinski definition) is 5. The minimum absolute atomic E-state index is 0.101. The van der Waals surface area contributed by atoms with Gasteiger partial charge in [0.25, 0.3) is 0 Å². The first-order valence-corrected chi connectivity index (χ1v) is 6.20. The topological polar surface area (TPSA) is 61.2 Å². The first-order chi connectivity index (χ1) is 9.71. The van der Waals surface area contributed by atoms with Crippen LogP contribution in [0.4, 0.5) is 0 Å². The fraction of sp³-hybridized carbons (Fsp3) is 0.267. The zero-order valence-corrected chi connectivity index (χ0v) is 11.2. The van der Waals surface area contributed by atoms with Gasteiger partial charge in [-0.2, -0.15) is 0 Å². The summed E-state index contributed by atoms with van der Waals surface area (Å²) in [5.74, 6) is 1.74. The fourth-order valence-corrected chi connectivity index (χ4v) is 2.11. The normalized spacial score (nSPS) is 20.5. The lowest BCUT2D eigenvalue weighted by molar-refractivity contribution is 0.332. The molecule has 1 aromatic heterocycles. The van der Waals surface area contributed by atoms with Crippen LogP contribution in [0.25, 0.3) is 0 Å². The van der Waals surface area contributed by atoms with Crippen molar-refractivity contribution < 1.29 is 18.6 Å². The first-order valence-electron chi connectivity index (χ1n) is 6.20. The smallest absolute Gasteiger partial charge is 0.339 e. The van der Waals surface area contributed by atoms with Crippen LogP contribution in [0.2, 0.25) is 0 Å². The molecule has 20 heavy (non-hydrogen) atoms. The maximum atomic E-state index is 11.4. The van der Waals surface area contributed by atoms with Crippen molar-refractivity contribution in [1.82, 2.24) is 0 Å². The number of rotatable bonds is 4. The van der Waals surface area contributed by atoms with Crippen molar-refractivity contribution >= 4 is 0 Å². The second-order valence-electron chi connectivity index (χ2n) is 4.47. The molecule has 0 spiro atoms. The van der Waals surface area contributed by atoms with Crippen molar-refractivity contribution in [2.75, 3.05) is 14.2 Å². The predicted octanol–water partition coefficient (Wildman–Crippen LogP) is 2.47. The molecule has 1 fully saturated rings. The molecular weight excluding hydrogens is 260 g/mol. The molecule has 104 valence electrons. The van der Waals surface area contributed by atoms with Gasteiger partial charge in [0.1, 0.15) is 29.5 Å². The highest BCUT2D eigenvalue weighted by molar-refractivity contribution is 5.33. The van der Waals surface area contributed by atoms with Crippen LogP contribution in [0.15, 0.2) is 45.6 Å². The Kier molecular flexibility index (Phi) is 3.20. The molecule has 0 saturated carbocycles. The number of hydrogen-bond donors (Lipinski definition) is 0. The molecular formula is C15H14O5. The summed E-state index contributed by atoms with van der Waals surface area (Å²) in [4.78, 5) is 11.4. The van der Waals surface area contributed by atoms with Crippen LogP contribution in [0.3, 0.4) is 0 Å². The van der Waals surface area contributed by atoms with Crippen molar-refractivity contribution in [3.63, 3.8) is 0 Å². The van der Waals surface area contributed by atoms with Gasteiger partial charge in [0, 0.05) is 6.07 Å². The van der Waals surface area contributed by atoms with Crippen LogP contribution in [0.5, 0.6) is 11.5 Å². The minimum atomic E-state index is -0.441. The lowest BCUT2D eigenvalue weighted by atomic mass is 10.1. The van der Waals surface area contributed by atoms with Crippen LogP contribution in [0, 0.1) is 0 Å². The fourth-order valence-electron chi connectivity index (χ4n) is 2.11. The molecule has 0 aliphatic carbocycles. The van der Waals surface area contributed by atoms with E-state index in [4.69, 9.17) is 18.6 Å². The molecule has 2 atom stereocenters. The first kappa shape index (κ1) is 12.7. The summed E-state index contributed by atoms with van der Waals surface area (Å²) in [5, 5.41) is 0. The SMILES string of the molecule is COc1ccc(C2OC2c2cc(OC)cc(=O)o2)cc1. The summed E-state index contributed by atoms with van der Waals surface area (Å²) in [7, 11) is 3.13. The monoisotopic (exact) mass is 274 g/mol. The van der Waals surface area contributed by atoms with E-state index >= 15 is 0 Å². The highest BCUT2D eigenvalue weighted by Gasteiger charge is 2.43. The highest BCUT2D eigenvalue weighted by Crippen LogP contribution is 2.51. The highest BCUT2D eigenvalue weighted by atomic mass is 16.6. The van der Waals surface area contributed by atoms with Crippen LogP contribution >= 0.6 is 0 Å². The Morgan fingerprint density at radius 3 is 2.30 bits per heavy atom. The van der Waals surface area contributed by atoms with Gasteiger partial charge >= 0.3 is 5.63 Å². The summed E-state index contributed by atoms with van der Waals surface area (Å²) in [6.07, 6.45) is -0.345. The average molecular weight is 274 g/mol. The molecule has 1 saturated heterocycles. The Balaban J connectivity index is 1.81. The van der Waals surface area contributed by atoms with E-state index in [9.17, 15) is 4.79 Å². The van der Waals surface area contributed by atoms with Crippen molar-refractivity contribution in [3.05, 3.63) is 58.1 Å². The average Bonchev–Trinajstić information content (AvgIpc) is 3.27. The van der Waals surface area contributed by atoms with E-state index in [1.165, 1.54) is 13.2 Å². The lowest BCUT2D eigenvalue weighted by Crippen LogP contribution is -2.00. The molecule has 2 heterocycles. The molecule has 0 amide bonds. The molecule has 2 aromatic rings. The number of epoxide rings is 1. The van der Waals surface area contributed by atoms with Crippen LogP contribution < -0.4 is 15.1 Å². The summed E-state index contributed by atoms with van der Waals surface area (Å²) >= 11 is 0. The molecule has 3 rings (SSSR count). The molecule has 0 radical (unpaired) electrons. The van der Waals surface area contributed by atoms with E-state index in [0.29, 0.717) is 11.5 Å². The number of ether oxygens (including phenoxy) is 3. The van der Waals surface area contributed by atoms with E-state index < -0.39 is 5.63 Å². The second kappa shape index (κ2) is 5.02. The van der Waals surface area contributed by atoms with Crippen LogP contribution in [-0.4, -0.2) is 14.2 Å². The van der Waals surface area contributed by atoms with E-state index in [1.54, 1.807) is 13.2 Å². The summed E-state index contributed by atoms with van der Waals surface area (Å²) in [6, 6.07) is 10.6. The maximum absolute atomic E-state index is 11.4. The molecule has 0 bridgehead atoms. The zero-order chi connectivity index (χ0) is 14.1. The Hall–Kier alpha value is -2.27. The molecule has 1 aliphatic rings. The van der Waals surface area contributed by atoms with Crippen molar-refractivity contribution in [3.8, 4) is 11.5 Å². The summed E-state index contributed by atoms with van der Waals surface area (Å²) < 4.78 is 20.9. The molecule has 5 nitrogen and oxygen atoms in total. The summed E-state index contributed by atoms with van der Waals surface area (Å²) in [6.45, 7) is 0. The van der Waals surface area contributed by atoms with E-state index in [0.717, 1.165) is 11.3 Å². The van der Waals surface area contributed by atoms with Crippen molar-refractivity contribution in [2.24, 2.45) is 0 Å². The maximum Gasteiger partial charge on any atom is 0.339 e. The standard InChI is InChI=1S/C15H14O5/c1-17-10-5-3-9(4-6-10)14-15(20-14)12-7-11(18-2)8-13(16)19-12/h3-8,14-15H,1-2H3. The molecule has 1 aromatic carbocycles. The molecule has 5 heteroatoms. The largest absolute Gasteiger partial charge is 0.497 e. The Bertz CT molecular complexity index is 659. The third-order valence-electron chi connectivity index (χ3n) is 3.22. The quantitative estimate of drug-likeness (QED) is 0.801. The van der Waals surface area contributed by atoms with Gasteiger partial charge in [0.2, 0.25) is 0 Å². The van der Waals surface area contributed by atoms with Crippen LogP contribution in [0.1, 0.15) is 23.5 Å². The number of methoxy groups -OCH3 is 2. The Labute approximate surface area is 115 Å². The van der Waals surface area contributed by atoms with Crippen LogP contribution in [-0.2, 0) is 4.74 Å². The third kappa shape index (κ3) is 2.40. The molecule has 2 unspecified atom stereocenters. The van der Waals surface area contributed by atoms with Crippen molar-refractivity contribution in [2.45, 2.75) is 12.2 Å². The summed E-state index contributed by atoms with van der Waals surface area (Å²) in [5.41, 5.74) is 0.574. The Morgan fingerprint density at radius 1 is 0.950 bits per heavy atom. The predicted molar refractivity (Wildman–Crippen MR) is 71.1 cm³/mol. The van der Waals surface area contributed by atoms with E-state index in [1.807, 2.05) is 24.3 Å². The van der Waals surface area contributed by atoms with E-state index in [-0.39, 0.29) is 12.2 Å². The van der Waals surface area contributed by atoms with Gasteiger partial charge < -0.3 is 18.6 Å². The minimum Gasteiger partial charge on any atom is -0.497 e. The Morgan fingerprint density at radius 2 is 1.65 bits per heavy atom. The van der Waals surface area contributed by atoms with Gasteiger partial charge in [-0.15, -0.1) is 0 Å².